The molecule has 28 heavy (non-hydrogen) atoms. The SMILES string of the molecule is COc1ccc(CN(C(=O)CC(C)C)c2nc3nc(C)c(C)c(=O)n3[nH]2)cc1. The number of nitrogens with one attached hydrogen (secondary N) is 1. The second kappa shape index (κ2) is 7.84. The molecule has 0 aliphatic rings. The summed E-state index contributed by atoms with van der Waals surface area (Å²) in [6.45, 7) is 7.78. The number of H-pyrrole nitrogens is 1. The van der Waals surface area contributed by atoms with Crippen LogP contribution in [0.3, 0.4) is 0 Å². The number of hydrogen-bond donors (Lipinski definition) is 1. The highest BCUT2D eigenvalue weighted by atomic mass is 16.5. The number of amides is 1. The highest BCUT2D eigenvalue weighted by Gasteiger charge is 2.22. The van der Waals surface area contributed by atoms with Crippen LogP contribution in [0.5, 0.6) is 5.75 Å². The Morgan fingerprint density at radius 1 is 1.21 bits per heavy atom. The van der Waals surface area contributed by atoms with Crippen LogP contribution in [0.4, 0.5) is 5.95 Å². The summed E-state index contributed by atoms with van der Waals surface area (Å²) >= 11 is 0. The fourth-order valence-corrected chi connectivity index (χ4v) is 2.87. The number of hydrogen-bond acceptors (Lipinski definition) is 5. The third-order valence-corrected chi connectivity index (χ3v) is 4.59. The molecule has 0 saturated heterocycles. The number of rotatable bonds is 6. The van der Waals surface area contributed by atoms with Crippen molar-refractivity contribution in [3.8, 4) is 5.75 Å². The van der Waals surface area contributed by atoms with E-state index >= 15 is 0 Å². The van der Waals surface area contributed by atoms with E-state index in [0.717, 1.165) is 11.3 Å². The van der Waals surface area contributed by atoms with Gasteiger partial charge in [0.25, 0.3) is 11.3 Å². The lowest BCUT2D eigenvalue weighted by Crippen LogP contribution is -2.32. The zero-order valence-corrected chi connectivity index (χ0v) is 16.8. The monoisotopic (exact) mass is 383 g/mol. The van der Waals surface area contributed by atoms with Crippen molar-refractivity contribution in [2.24, 2.45) is 5.92 Å². The number of benzene rings is 1. The predicted molar refractivity (Wildman–Crippen MR) is 107 cm³/mol. The minimum Gasteiger partial charge on any atom is -0.497 e. The second-order valence-corrected chi connectivity index (χ2v) is 7.24. The first-order valence-corrected chi connectivity index (χ1v) is 9.19. The van der Waals surface area contributed by atoms with Crippen molar-refractivity contribution >= 4 is 17.6 Å². The first-order valence-electron chi connectivity index (χ1n) is 9.19. The molecular formula is C20H25N5O3. The molecule has 0 atom stereocenters. The molecule has 1 aromatic carbocycles. The van der Waals surface area contributed by atoms with Gasteiger partial charge in [0, 0.05) is 17.7 Å². The van der Waals surface area contributed by atoms with Crippen molar-refractivity contribution in [2.75, 3.05) is 12.0 Å². The van der Waals surface area contributed by atoms with Crippen LogP contribution in [0.15, 0.2) is 29.1 Å². The van der Waals surface area contributed by atoms with E-state index in [9.17, 15) is 9.59 Å². The number of fused-ring (bicyclic) bond motifs is 1. The molecule has 0 saturated carbocycles. The van der Waals surface area contributed by atoms with Gasteiger partial charge in [-0.25, -0.2) is 4.98 Å². The maximum atomic E-state index is 12.9. The lowest BCUT2D eigenvalue weighted by molar-refractivity contribution is -0.119. The highest BCUT2D eigenvalue weighted by Crippen LogP contribution is 2.19. The smallest absolute Gasteiger partial charge is 0.277 e. The van der Waals surface area contributed by atoms with Gasteiger partial charge in [-0.1, -0.05) is 26.0 Å². The predicted octanol–water partition coefficient (Wildman–Crippen LogP) is 2.62. The molecule has 1 N–H and O–H groups in total. The molecule has 2 aromatic heterocycles. The molecule has 8 nitrogen and oxygen atoms in total. The summed E-state index contributed by atoms with van der Waals surface area (Å²) in [5.41, 5.74) is 1.87. The normalized spacial score (nSPS) is 11.2. The maximum Gasteiger partial charge on any atom is 0.277 e. The molecule has 0 aliphatic heterocycles. The van der Waals surface area contributed by atoms with Crippen molar-refractivity contribution in [1.82, 2.24) is 19.6 Å². The first kappa shape index (κ1) is 19.6. The summed E-state index contributed by atoms with van der Waals surface area (Å²) in [5, 5.41) is 2.94. The van der Waals surface area contributed by atoms with E-state index in [1.54, 1.807) is 25.9 Å². The number of aromatic amines is 1. The van der Waals surface area contributed by atoms with Crippen LogP contribution in [0.2, 0.25) is 0 Å². The molecule has 2 heterocycles. The number of anilines is 1. The van der Waals surface area contributed by atoms with Gasteiger partial charge < -0.3 is 4.74 Å². The van der Waals surface area contributed by atoms with Crippen molar-refractivity contribution in [1.29, 1.82) is 0 Å². The van der Waals surface area contributed by atoms with Crippen LogP contribution < -0.4 is 15.2 Å². The Morgan fingerprint density at radius 3 is 2.50 bits per heavy atom. The van der Waals surface area contributed by atoms with Crippen molar-refractivity contribution in [3.63, 3.8) is 0 Å². The fourth-order valence-electron chi connectivity index (χ4n) is 2.87. The van der Waals surface area contributed by atoms with E-state index in [4.69, 9.17) is 4.74 Å². The molecule has 0 aliphatic carbocycles. The van der Waals surface area contributed by atoms with Gasteiger partial charge in [0.05, 0.1) is 13.7 Å². The van der Waals surface area contributed by atoms with E-state index in [-0.39, 0.29) is 23.2 Å². The molecular weight excluding hydrogens is 358 g/mol. The third-order valence-electron chi connectivity index (χ3n) is 4.59. The number of methoxy groups -OCH3 is 1. The lowest BCUT2D eigenvalue weighted by atomic mass is 10.1. The van der Waals surface area contributed by atoms with Gasteiger partial charge in [-0.05, 0) is 37.5 Å². The van der Waals surface area contributed by atoms with Crippen LogP contribution in [-0.4, -0.2) is 32.6 Å². The summed E-state index contributed by atoms with van der Waals surface area (Å²) in [5.74, 6) is 1.41. The van der Waals surface area contributed by atoms with Crippen LogP contribution in [0.25, 0.3) is 5.78 Å². The summed E-state index contributed by atoms with van der Waals surface area (Å²) in [6.07, 6.45) is 0.369. The Hall–Kier alpha value is -3.16. The van der Waals surface area contributed by atoms with E-state index in [2.05, 4.69) is 15.1 Å². The number of carbonyl (C=O) groups is 1. The van der Waals surface area contributed by atoms with Gasteiger partial charge in [-0.15, -0.1) is 0 Å². The molecule has 148 valence electrons. The molecule has 0 bridgehead atoms. The van der Waals surface area contributed by atoms with Crippen LogP contribution >= 0.6 is 0 Å². The molecule has 3 rings (SSSR count). The standard InChI is InChI=1S/C20H25N5O3/c1-12(2)10-17(26)24(11-15-6-8-16(28-5)9-7-15)20-22-19-21-14(4)13(3)18(27)25(19)23-20/h6-9,12H,10-11H2,1-5H3,(H,21,22,23). The third kappa shape index (κ3) is 3.90. The minimum atomic E-state index is -0.220. The Kier molecular flexibility index (Phi) is 5.48. The summed E-state index contributed by atoms with van der Waals surface area (Å²) in [7, 11) is 1.61. The largest absolute Gasteiger partial charge is 0.497 e. The average molecular weight is 383 g/mol. The molecule has 0 radical (unpaired) electrons. The molecule has 0 spiro atoms. The van der Waals surface area contributed by atoms with Crippen molar-refractivity contribution in [3.05, 3.63) is 51.4 Å². The maximum absolute atomic E-state index is 12.9. The summed E-state index contributed by atoms with van der Waals surface area (Å²) < 4.78 is 6.47. The van der Waals surface area contributed by atoms with E-state index in [0.29, 0.717) is 30.2 Å². The molecule has 0 unspecified atom stereocenters. The number of ether oxygens (including phenoxy) is 1. The zero-order chi connectivity index (χ0) is 20.4. The van der Waals surface area contributed by atoms with Crippen molar-refractivity contribution < 1.29 is 9.53 Å². The van der Waals surface area contributed by atoms with Gasteiger partial charge in [-0.3, -0.25) is 19.6 Å². The fraction of sp³-hybridized carbons (Fsp3) is 0.400. The van der Waals surface area contributed by atoms with Gasteiger partial charge in [0.1, 0.15) is 5.75 Å². The van der Waals surface area contributed by atoms with Gasteiger partial charge in [0.2, 0.25) is 11.9 Å². The summed E-state index contributed by atoms with van der Waals surface area (Å²) in [6, 6.07) is 7.49. The van der Waals surface area contributed by atoms with E-state index in [1.807, 2.05) is 38.1 Å². The first-order chi connectivity index (χ1) is 13.3. The van der Waals surface area contributed by atoms with Crippen LogP contribution in [0, 0.1) is 19.8 Å². The topological polar surface area (TPSA) is 92.6 Å². The molecule has 8 heteroatoms. The highest BCUT2D eigenvalue weighted by molar-refractivity contribution is 5.91. The number of aryl methyl sites for hydroxylation is 1. The number of nitrogens with zero attached hydrogens (tertiary/aromatic N) is 4. The number of aromatic nitrogens is 4. The number of carbonyl (C=O) groups excluding carboxylic acids is 1. The Balaban J connectivity index is 2.02. The van der Waals surface area contributed by atoms with E-state index in [1.165, 1.54) is 4.52 Å². The average Bonchev–Trinajstić information content (AvgIpc) is 3.07. The quantitative estimate of drug-likeness (QED) is 0.706. The molecule has 0 fully saturated rings. The summed E-state index contributed by atoms with van der Waals surface area (Å²) in [4.78, 5) is 35.7. The van der Waals surface area contributed by atoms with E-state index < -0.39 is 0 Å². The van der Waals surface area contributed by atoms with Gasteiger partial charge in [-0.2, -0.15) is 9.50 Å². The second-order valence-electron chi connectivity index (χ2n) is 7.24. The Bertz CT molecular complexity index is 1050. The molecule has 1 amide bonds. The van der Waals surface area contributed by atoms with Gasteiger partial charge >= 0.3 is 0 Å². The van der Waals surface area contributed by atoms with Gasteiger partial charge in [0.15, 0.2) is 0 Å². The van der Waals surface area contributed by atoms with Crippen molar-refractivity contribution in [2.45, 2.75) is 40.7 Å². The van der Waals surface area contributed by atoms with Crippen LogP contribution in [-0.2, 0) is 11.3 Å². The minimum absolute atomic E-state index is 0.0774. The van der Waals surface area contributed by atoms with Crippen LogP contribution in [0.1, 0.15) is 37.1 Å². The lowest BCUT2D eigenvalue weighted by Gasteiger charge is -2.21. The zero-order valence-electron chi connectivity index (χ0n) is 16.8. The Labute approximate surface area is 163 Å². The molecule has 3 aromatic rings. The Morgan fingerprint density at radius 2 is 1.89 bits per heavy atom.